The number of benzene rings is 2. The van der Waals surface area contributed by atoms with E-state index in [2.05, 4.69) is 0 Å². The van der Waals surface area contributed by atoms with E-state index in [9.17, 15) is 9.59 Å². The molecule has 1 aliphatic heterocycles. The van der Waals surface area contributed by atoms with Gasteiger partial charge in [0.1, 0.15) is 11.5 Å². The van der Waals surface area contributed by atoms with Crippen LogP contribution < -0.4 is 9.64 Å². The van der Waals surface area contributed by atoms with Gasteiger partial charge in [-0.25, -0.2) is 4.90 Å². The third-order valence-electron chi connectivity index (χ3n) is 4.50. The Bertz CT molecular complexity index is 1110. The van der Waals surface area contributed by atoms with Crippen molar-refractivity contribution < 1.29 is 18.7 Å². The number of furan rings is 1. The maximum Gasteiger partial charge on any atom is 0.272 e. The molecule has 3 aromatic rings. The van der Waals surface area contributed by atoms with Crippen molar-refractivity contribution in [2.24, 2.45) is 0 Å². The first kappa shape index (κ1) is 20.3. The van der Waals surface area contributed by atoms with Crippen molar-refractivity contribution >= 4 is 46.4 Å². The number of amides is 2. The standard InChI is InChI=1S/C23H18ClNO4S/c1-2-28-18-10-8-15(9-11-18)20-21(30-14-19-7-4-12-29-19)23(27)25(22(20)26)17-6-3-5-16(24)13-17/h3-13H,2,14H2,1H3. The maximum atomic E-state index is 13.3. The highest BCUT2D eigenvalue weighted by Crippen LogP contribution is 2.40. The first-order chi connectivity index (χ1) is 14.6. The molecular formula is C23H18ClNO4S. The largest absolute Gasteiger partial charge is 0.494 e. The van der Waals surface area contributed by atoms with Crippen molar-refractivity contribution in [3.05, 3.63) is 88.2 Å². The quantitative estimate of drug-likeness (QED) is 0.452. The highest BCUT2D eigenvalue weighted by atomic mass is 35.5. The van der Waals surface area contributed by atoms with Gasteiger partial charge in [0.15, 0.2) is 0 Å². The minimum absolute atomic E-state index is 0.361. The number of nitrogens with zero attached hydrogens (tertiary/aromatic N) is 1. The van der Waals surface area contributed by atoms with Gasteiger partial charge in [-0.2, -0.15) is 0 Å². The lowest BCUT2D eigenvalue weighted by molar-refractivity contribution is -0.119. The lowest BCUT2D eigenvalue weighted by Gasteiger charge is -2.15. The van der Waals surface area contributed by atoms with Crippen LogP contribution in [0.1, 0.15) is 18.2 Å². The number of thioether (sulfide) groups is 1. The predicted octanol–water partition coefficient (Wildman–Crippen LogP) is 5.55. The molecule has 1 aromatic heterocycles. The number of hydrogen-bond donors (Lipinski definition) is 0. The fourth-order valence-corrected chi connectivity index (χ4v) is 4.37. The summed E-state index contributed by atoms with van der Waals surface area (Å²) >= 11 is 7.37. The van der Waals surface area contributed by atoms with Crippen molar-refractivity contribution in [2.45, 2.75) is 12.7 Å². The van der Waals surface area contributed by atoms with Crippen LogP contribution in [0.2, 0.25) is 5.02 Å². The van der Waals surface area contributed by atoms with E-state index < -0.39 is 0 Å². The topological polar surface area (TPSA) is 59.8 Å². The minimum atomic E-state index is -0.381. The van der Waals surface area contributed by atoms with E-state index in [0.717, 1.165) is 5.76 Å². The van der Waals surface area contributed by atoms with E-state index in [-0.39, 0.29) is 11.8 Å². The molecule has 0 fully saturated rings. The first-order valence-corrected chi connectivity index (χ1v) is 10.7. The summed E-state index contributed by atoms with van der Waals surface area (Å²) < 4.78 is 10.9. The molecule has 0 saturated carbocycles. The van der Waals surface area contributed by atoms with Crippen molar-refractivity contribution in [1.29, 1.82) is 0 Å². The van der Waals surface area contributed by atoms with E-state index in [1.54, 1.807) is 60.9 Å². The molecule has 2 aromatic carbocycles. The Morgan fingerprint density at radius 3 is 2.50 bits per heavy atom. The number of halogens is 1. The average molecular weight is 440 g/mol. The molecule has 4 rings (SSSR count). The smallest absolute Gasteiger partial charge is 0.272 e. The van der Waals surface area contributed by atoms with Gasteiger partial charge in [-0.15, -0.1) is 11.8 Å². The second kappa shape index (κ2) is 8.81. The van der Waals surface area contributed by atoms with Crippen LogP contribution >= 0.6 is 23.4 Å². The Morgan fingerprint density at radius 2 is 1.83 bits per heavy atom. The fraction of sp³-hybridized carbons (Fsp3) is 0.130. The number of hydrogen-bond acceptors (Lipinski definition) is 5. The third-order valence-corrected chi connectivity index (χ3v) is 5.83. The summed E-state index contributed by atoms with van der Waals surface area (Å²) in [6.07, 6.45) is 1.58. The van der Waals surface area contributed by atoms with Gasteiger partial charge < -0.3 is 9.15 Å². The van der Waals surface area contributed by atoms with Crippen LogP contribution in [0, 0.1) is 0 Å². The minimum Gasteiger partial charge on any atom is -0.494 e. The average Bonchev–Trinajstić information content (AvgIpc) is 3.33. The summed E-state index contributed by atoms with van der Waals surface area (Å²) in [5.41, 5.74) is 1.46. The van der Waals surface area contributed by atoms with E-state index in [1.165, 1.54) is 16.7 Å². The number of carbonyl (C=O) groups is 2. The van der Waals surface area contributed by atoms with Crippen molar-refractivity contribution in [2.75, 3.05) is 11.5 Å². The molecule has 0 radical (unpaired) electrons. The number of imide groups is 1. The highest BCUT2D eigenvalue weighted by molar-refractivity contribution is 8.03. The van der Waals surface area contributed by atoms with Gasteiger partial charge in [0.05, 0.1) is 34.8 Å². The molecule has 0 atom stereocenters. The molecule has 0 bridgehead atoms. The Kier molecular flexibility index (Phi) is 5.97. The van der Waals surface area contributed by atoms with Gasteiger partial charge in [-0.1, -0.05) is 29.8 Å². The van der Waals surface area contributed by atoms with Crippen molar-refractivity contribution in [3.63, 3.8) is 0 Å². The predicted molar refractivity (Wildman–Crippen MR) is 118 cm³/mol. The van der Waals surface area contributed by atoms with Gasteiger partial charge >= 0.3 is 0 Å². The van der Waals surface area contributed by atoms with E-state index >= 15 is 0 Å². The molecule has 152 valence electrons. The van der Waals surface area contributed by atoms with Crippen LogP contribution in [0.4, 0.5) is 5.69 Å². The van der Waals surface area contributed by atoms with E-state index in [0.29, 0.717) is 44.9 Å². The SMILES string of the molecule is CCOc1ccc(C2=C(SCc3ccco3)C(=O)N(c3cccc(Cl)c3)C2=O)cc1. The lowest BCUT2D eigenvalue weighted by Crippen LogP contribution is -2.31. The van der Waals surface area contributed by atoms with Crippen molar-refractivity contribution in [1.82, 2.24) is 0 Å². The fourth-order valence-electron chi connectivity index (χ4n) is 3.17. The Balaban J connectivity index is 1.73. The van der Waals surface area contributed by atoms with Gasteiger partial charge in [-0.3, -0.25) is 9.59 Å². The summed E-state index contributed by atoms with van der Waals surface area (Å²) in [5.74, 6) is 1.11. The van der Waals surface area contributed by atoms with Gasteiger partial charge in [-0.05, 0) is 55.0 Å². The molecule has 0 N–H and O–H groups in total. The van der Waals surface area contributed by atoms with Crippen LogP contribution in [0.5, 0.6) is 5.75 Å². The Labute approximate surface area is 183 Å². The molecule has 30 heavy (non-hydrogen) atoms. The molecule has 2 heterocycles. The zero-order valence-corrected chi connectivity index (χ0v) is 17.7. The summed E-state index contributed by atoms with van der Waals surface area (Å²) in [6, 6.07) is 17.5. The summed E-state index contributed by atoms with van der Waals surface area (Å²) in [6.45, 7) is 2.45. The number of ether oxygens (including phenoxy) is 1. The second-order valence-corrected chi connectivity index (χ2v) is 7.88. The van der Waals surface area contributed by atoms with Crippen LogP contribution in [-0.2, 0) is 15.3 Å². The molecule has 0 unspecified atom stereocenters. The van der Waals surface area contributed by atoms with Crippen LogP contribution in [-0.4, -0.2) is 18.4 Å². The molecule has 7 heteroatoms. The maximum absolute atomic E-state index is 13.3. The molecule has 5 nitrogen and oxygen atoms in total. The monoisotopic (exact) mass is 439 g/mol. The molecule has 0 spiro atoms. The summed E-state index contributed by atoms with van der Waals surface area (Å²) in [5, 5.41) is 0.451. The number of rotatable bonds is 7. The van der Waals surface area contributed by atoms with Gasteiger partial charge in [0.2, 0.25) is 0 Å². The lowest BCUT2D eigenvalue weighted by atomic mass is 10.1. The second-order valence-electron chi connectivity index (χ2n) is 6.46. The van der Waals surface area contributed by atoms with E-state index in [4.69, 9.17) is 20.8 Å². The van der Waals surface area contributed by atoms with Crippen LogP contribution in [0.15, 0.2) is 76.2 Å². The Hall–Kier alpha value is -2.96. The van der Waals surface area contributed by atoms with Crippen LogP contribution in [0.3, 0.4) is 0 Å². The molecule has 0 aliphatic carbocycles. The summed E-state index contributed by atoms with van der Waals surface area (Å²) in [4.78, 5) is 28.2. The summed E-state index contributed by atoms with van der Waals surface area (Å²) in [7, 11) is 0. The van der Waals surface area contributed by atoms with Gasteiger partial charge in [0, 0.05) is 5.02 Å². The normalized spacial score (nSPS) is 14.0. The van der Waals surface area contributed by atoms with Crippen molar-refractivity contribution in [3.8, 4) is 5.75 Å². The zero-order chi connectivity index (χ0) is 21.1. The molecule has 2 amide bonds. The zero-order valence-electron chi connectivity index (χ0n) is 16.1. The molecule has 1 aliphatic rings. The molecule has 0 saturated heterocycles. The number of carbonyl (C=O) groups excluding carboxylic acids is 2. The first-order valence-electron chi connectivity index (χ1n) is 9.35. The third kappa shape index (κ3) is 4.01. The van der Waals surface area contributed by atoms with Gasteiger partial charge in [0.25, 0.3) is 11.8 Å². The molecular weight excluding hydrogens is 422 g/mol. The number of anilines is 1. The van der Waals surface area contributed by atoms with E-state index in [1.807, 2.05) is 13.0 Å². The highest BCUT2D eigenvalue weighted by Gasteiger charge is 2.40. The van der Waals surface area contributed by atoms with Crippen LogP contribution in [0.25, 0.3) is 5.57 Å². The Morgan fingerprint density at radius 1 is 1.03 bits per heavy atom.